The lowest BCUT2D eigenvalue weighted by molar-refractivity contribution is 0.0938. The highest BCUT2D eigenvalue weighted by Crippen LogP contribution is 2.20. The first-order valence-electron chi connectivity index (χ1n) is 6.74. The van der Waals surface area contributed by atoms with Gasteiger partial charge in [0, 0.05) is 15.6 Å². The van der Waals surface area contributed by atoms with E-state index in [1.54, 1.807) is 36.4 Å². The van der Waals surface area contributed by atoms with Gasteiger partial charge in [-0.15, -0.1) is 0 Å². The summed E-state index contributed by atoms with van der Waals surface area (Å²) in [5.74, 6) is 0.502. The summed E-state index contributed by atoms with van der Waals surface area (Å²) in [5.41, 5.74) is 2.21. The van der Waals surface area contributed by atoms with Crippen molar-refractivity contribution >= 4 is 40.1 Å². The fraction of sp³-hybridized carbons (Fsp3) is 0.125. The maximum Gasteiger partial charge on any atom is 0.251 e. The molecule has 0 aliphatic carbocycles. The summed E-state index contributed by atoms with van der Waals surface area (Å²) >= 11 is 11.8. The van der Waals surface area contributed by atoms with Crippen molar-refractivity contribution < 1.29 is 4.79 Å². The van der Waals surface area contributed by atoms with Crippen LogP contribution in [0.4, 0.5) is 0 Å². The number of aromatic nitrogens is 2. The number of nitrogens with one attached hydrogen (secondary N) is 2. The predicted molar refractivity (Wildman–Crippen MR) is 88.4 cm³/mol. The summed E-state index contributed by atoms with van der Waals surface area (Å²) < 4.78 is 0. The number of amides is 1. The van der Waals surface area contributed by atoms with E-state index in [9.17, 15) is 4.79 Å². The molecule has 6 heteroatoms. The van der Waals surface area contributed by atoms with Crippen molar-refractivity contribution in [3.05, 3.63) is 63.9 Å². The second-order valence-electron chi connectivity index (χ2n) is 4.99. The van der Waals surface area contributed by atoms with Crippen molar-refractivity contribution in [3.8, 4) is 0 Å². The van der Waals surface area contributed by atoms with Crippen molar-refractivity contribution in [1.82, 2.24) is 15.3 Å². The molecule has 1 unspecified atom stereocenters. The number of rotatable bonds is 3. The Morgan fingerprint density at radius 3 is 2.55 bits per heavy atom. The average Bonchev–Trinajstić information content (AvgIpc) is 2.91. The Labute approximate surface area is 137 Å². The molecular weight excluding hydrogens is 321 g/mol. The van der Waals surface area contributed by atoms with E-state index >= 15 is 0 Å². The zero-order chi connectivity index (χ0) is 15.7. The number of imidazole rings is 1. The second-order valence-corrected chi connectivity index (χ2v) is 5.86. The van der Waals surface area contributed by atoms with Gasteiger partial charge in [-0.2, -0.15) is 0 Å². The van der Waals surface area contributed by atoms with Crippen molar-refractivity contribution in [2.24, 2.45) is 0 Å². The van der Waals surface area contributed by atoms with E-state index in [4.69, 9.17) is 23.2 Å². The van der Waals surface area contributed by atoms with Gasteiger partial charge in [0.15, 0.2) is 0 Å². The van der Waals surface area contributed by atoms with Crippen LogP contribution in [0.15, 0.2) is 42.5 Å². The van der Waals surface area contributed by atoms with E-state index in [0.29, 0.717) is 21.4 Å². The molecule has 3 aromatic rings. The number of H-pyrrole nitrogens is 1. The van der Waals surface area contributed by atoms with Crippen LogP contribution in [0.2, 0.25) is 10.0 Å². The molecule has 2 N–H and O–H groups in total. The number of halogens is 2. The van der Waals surface area contributed by atoms with Gasteiger partial charge in [-0.1, -0.05) is 23.2 Å². The van der Waals surface area contributed by atoms with Gasteiger partial charge in [0.05, 0.1) is 17.1 Å². The lowest BCUT2D eigenvalue weighted by atomic mass is 10.2. The summed E-state index contributed by atoms with van der Waals surface area (Å²) in [6, 6.07) is 11.9. The molecule has 0 radical (unpaired) electrons. The van der Waals surface area contributed by atoms with Crippen LogP contribution < -0.4 is 5.32 Å². The van der Waals surface area contributed by atoms with Crippen LogP contribution in [0.25, 0.3) is 11.0 Å². The standard InChI is InChI=1S/C16H13Cl2N3O/c1-9(19-16(22)10-2-4-11(17)5-3-10)15-20-13-7-6-12(18)8-14(13)21-15/h2-9H,1H3,(H,19,22)(H,20,21). The first-order chi connectivity index (χ1) is 10.5. The fourth-order valence-electron chi connectivity index (χ4n) is 2.16. The minimum absolute atomic E-state index is 0.178. The van der Waals surface area contributed by atoms with Crippen LogP contribution in [-0.4, -0.2) is 15.9 Å². The number of hydrogen-bond acceptors (Lipinski definition) is 2. The third-order valence-electron chi connectivity index (χ3n) is 3.33. The highest BCUT2D eigenvalue weighted by atomic mass is 35.5. The van der Waals surface area contributed by atoms with Crippen LogP contribution in [0.3, 0.4) is 0 Å². The molecule has 1 heterocycles. The van der Waals surface area contributed by atoms with Gasteiger partial charge in [0.1, 0.15) is 5.82 Å². The Kier molecular flexibility index (Phi) is 4.05. The smallest absolute Gasteiger partial charge is 0.251 e. The SMILES string of the molecule is CC(NC(=O)c1ccc(Cl)cc1)c1nc2ccc(Cl)cc2[nH]1. The zero-order valence-electron chi connectivity index (χ0n) is 11.7. The first kappa shape index (κ1) is 14.9. The zero-order valence-corrected chi connectivity index (χ0v) is 13.2. The molecule has 1 amide bonds. The van der Waals surface area contributed by atoms with E-state index in [0.717, 1.165) is 11.0 Å². The maximum absolute atomic E-state index is 12.2. The van der Waals surface area contributed by atoms with Crippen molar-refractivity contribution in [2.75, 3.05) is 0 Å². The van der Waals surface area contributed by atoms with Crippen LogP contribution in [0, 0.1) is 0 Å². The molecule has 112 valence electrons. The molecule has 0 saturated carbocycles. The minimum atomic E-state index is -0.255. The lowest BCUT2D eigenvalue weighted by Gasteiger charge is -2.11. The number of aromatic amines is 1. The van der Waals surface area contributed by atoms with E-state index in [1.807, 2.05) is 13.0 Å². The summed E-state index contributed by atoms with van der Waals surface area (Å²) in [6.45, 7) is 1.87. The van der Waals surface area contributed by atoms with Crippen LogP contribution in [0.1, 0.15) is 29.1 Å². The normalized spacial score (nSPS) is 12.3. The molecule has 0 aliphatic rings. The lowest BCUT2D eigenvalue weighted by Crippen LogP contribution is -2.27. The van der Waals surface area contributed by atoms with Gasteiger partial charge in [-0.3, -0.25) is 4.79 Å². The van der Waals surface area contributed by atoms with E-state index in [1.165, 1.54) is 0 Å². The Balaban J connectivity index is 1.79. The third-order valence-corrected chi connectivity index (χ3v) is 3.81. The van der Waals surface area contributed by atoms with Crippen LogP contribution >= 0.6 is 23.2 Å². The number of hydrogen-bond donors (Lipinski definition) is 2. The first-order valence-corrected chi connectivity index (χ1v) is 7.50. The largest absolute Gasteiger partial charge is 0.342 e. The topological polar surface area (TPSA) is 57.8 Å². The summed E-state index contributed by atoms with van der Waals surface area (Å²) in [6.07, 6.45) is 0. The average molecular weight is 334 g/mol. The molecule has 1 atom stereocenters. The Bertz CT molecular complexity index is 827. The van der Waals surface area contributed by atoms with E-state index in [-0.39, 0.29) is 11.9 Å². The molecule has 22 heavy (non-hydrogen) atoms. The molecule has 0 fully saturated rings. The van der Waals surface area contributed by atoms with Crippen LogP contribution in [0.5, 0.6) is 0 Å². The monoisotopic (exact) mass is 333 g/mol. The molecule has 3 rings (SSSR count). The fourth-order valence-corrected chi connectivity index (χ4v) is 2.45. The van der Waals surface area contributed by atoms with Gasteiger partial charge in [-0.25, -0.2) is 4.98 Å². The van der Waals surface area contributed by atoms with Gasteiger partial charge in [-0.05, 0) is 49.4 Å². The van der Waals surface area contributed by atoms with E-state index < -0.39 is 0 Å². The predicted octanol–water partition coefficient (Wildman–Crippen LogP) is 4.36. The summed E-state index contributed by atoms with van der Waals surface area (Å²) in [4.78, 5) is 19.8. The van der Waals surface area contributed by atoms with Gasteiger partial charge >= 0.3 is 0 Å². The van der Waals surface area contributed by atoms with Gasteiger partial charge in [0.25, 0.3) is 5.91 Å². The highest BCUT2D eigenvalue weighted by Gasteiger charge is 2.15. The number of benzene rings is 2. The quantitative estimate of drug-likeness (QED) is 0.748. The van der Waals surface area contributed by atoms with Crippen LogP contribution in [-0.2, 0) is 0 Å². The summed E-state index contributed by atoms with van der Waals surface area (Å²) in [5, 5.41) is 4.13. The Morgan fingerprint density at radius 1 is 1.14 bits per heavy atom. The van der Waals surface area contributed by atoms with Crippen molar-refractivity contribution in [2.45, 2.75) is 13.0 Å². The van der Waals surface area contributed by atoms with E-state index in [2.05, 4.69) is 15.3 Å². The van der Waals surface area contributed by atoms with Gasteiger partial charge < -0.3 is 10.3 Å². The molecule has 0 bridgehead atoms. The molecule has 1 aromatic heterocycles. The molecule has 2 aromatic carbocycles. The van der Waals surface area contributed by atoms with Crippen molar-refractivity contribution in [3.63, 3.8) is 0 Å². The Hall–Kier alpha value is -2.04. The second kappa shape index (κ2) is 5.99. The molecule has 0 saturated heterocycles. The highest BCUT2D eigenvalue weighted by molar-refractivity contribution is 6.31. The number of carbonyl (C=O) groups is 1. The minimum Gasteiger partial charge on any atom is -0.342 e. The molecule has 0 spiro atoms. The molecule has 0 aliphatic heterocycles. The maximum atomic E-state index is 12.2. The Morgan fingerprint density at radius 2 is 1.82 bits per heavy atom. The third kappa shape index (κ3) is 3.08. The number of carbonyl (C=O) groups excluding carboxylic acids is 1. The van der Waals surface area contributed by atoms with Crippen molar-refractivity contribution in [1.29, 1.82) is 0 Å². The summed E-state index contributed by atoms with van der Waals surface area (Å²) in [7, 11) is 0. The number of fused-ring (bicyclic) bond motifs is 1. The number of nitrogens with zero attached hydrogens (tertiary/aromatic N) is 1. The van der Waals surface area contributed by atoms with Gasteiger partial charge in [0.2, 0.25) is 0 Å². The molecular formula is C16H13Cl2N3O. The molecule has 4 nitrogen and oxygen atoms in total.